The summed E-state index contributed by atoms with van der Waals surface area (Å²) < 4.78 is 5.44. The predicted octanol–water partition coefficient (Wildman–Crippen LogP) is 1.15. The maximum Gasteiger partial charge on any atom is 0.307 e. The van der Waals surface area contributed by atoms with Crippen LogP contribution in [0.25, 0.3) is 0 Å². The Kier molecular flexibility index (Phi) is 3.12. The van der Waals surface area contributed by atoms with E-state index in [9.17, 15) is 14.7 Å². The third-order valence-corrected chi connectivity index (χ3v) is 4.94. The third kappa shape index (κ3) is 1.95. The summed E-state index contributed by atoms with van der Waals surface area (Å²) >= 11 is 0. The fourth-order valence-electron chi connectivity index (χ4n) is 3.94. The van der Waals surface area contributed by atoms with Crippen LogP contribution in [0.15, 0.2) is 12.2 Å². The maximum atomic E-state index is 12.9. The SMILES string of the molecule is CC1(C)COCCN1C(=O)[C@H]1C2C=CC(C2)[C@H]1C(=O)O. The van der Waals surface area contributed by atoms with Crippen molar-refractivity contribution in [3.63, 3.8) is 0 Å². The Hall–Kier alpha value is -1.36. The summed E-state index contributed by atoms with van der Waals surface area (Å²) in [5.41, 5.74) is -0.357. The van der Waals surface area contributed by atoms with Gasteiger partial charge in [-0.3, -0.25) is 9.59 Å². The lowest BCUT2D eigenvalue weighted by molar-refractivity contribution is -0.159. The molecule has 1 saturated carbocycles. The molecule has 3 rings (SSSR count). The highest BCUT2D eigenvalue weighted by Gasteiger charge is 2.54. The van der Waals surface area contributed by atoms with Crippen molar-refractivity contribution in [3.05, 3.63) is 12.2 Å². The molecule has 20 heavy (non-hydrogen) atoms. The van der Waals surface area contributed by atoms with Gasteiger partial charge in [0.15, 0.2) is 0 Å². The van der Waals surface area contributed by atoms with Gasteiger partial charge in [0.2, 0.25) is 5.91 Å². The van der Waals surface area contributed by atoms with Crippen molar-refractivity contribution >= 4 is 11.9 Å². The quantitative estimate of drug-likeness (QED) is 0.770. The van der Waals surface area contributed by atoms with E-state index in [0.717, 1.165) is 6.42 Å². The normalized spacial score (nSPS) is 38.2. The molecule has 0 spiro atoms. The number of carbonyl (C=O) groups is 2. The molecule has 1 amide bonds. The summed E-state index contributed by atoms with van der Waals surface area (Å²) in [6.07, 6.45) is 4.80. The Labute approximate surface area is 118 Å². The number of hydrogen-bond donors (Lipinski definition) is 1. The minimum absolute atomic E-state index is 0.0115. The molecule has 0 radical (unpaired) electrons. The molecule has 0 aromatic carbocycles. The number of morpholine rings is 1. The van der Waals surface area contributed by atoms with Gasteiger partial charge in [-0.1, -0.05) is 12.2 Å². The molecule has 2 aliphatic carbocycles. The van der Waals surface area contributed by atoms with E-state index in [0.29, 0.717) is 19.8 Å². The van der Waals surface area contributed by atoms with Crippen LogP contribution in [0.1, 0.15) is 20.3 Å². The molecule has 1 heterocycles. The molecule has 1 N–H and O–H groups in total. The number of aliphatic carboxylic acids is 1. The van der Waals surface area contributed by atoms with Crippen molar-refractivity contribution in [2.75, 3.05) is 19.8 Å². The van der Waals surface area contributed by atoms with Gasteiger partial charge in [-0.05, 0) is 32.1 Å². The number of nitrogens with zero attached hydrogens (tertiary/aromatic N) is 1. The molecule has 1 saturated heterocycles. The molecule has 0 aromatic rings. The highest BCUT2D eigenvalue weighted by molar-refractivity contribution is 5.87. The smallest absolute Gasteiger partial charge is 0.307 e. The second kappa shape index (κ2) is 4.58. The molecule has 2 unspecified atom stereocenters. The van der Waals surface area contributed by atoms with E-state index < -0.39 is 17.8 Å². The minimum Gasteiger partial charge on any atom is -0.481 e. The van der Waals surface area contributed by atoms with E-state index in [1.54, 1.807) is 0 Å². The van der Waals surface area contributed by atoms with Gasteiger partial charge in [0.25, 0.3) is 0 Å². The number of rotatable bonds is 2. The monoisotopic (exact) mass is 279 g/mol. The zero-order chi connectivity index (χ0) is 14.5. The lowest BCUT2D eigenvalue weighted by Crippen LogP contribution is -2.58. The van der Waals surface area contributed by atoms with Gasteiger partial charge in [0.1, 0.15) is 0 Å². The van der Waals surface area contributed by atoms with Gasteiger partial charge < -0.3 is 14.7 Å². The predicted molar refractivity (Wildman–Crippen MR) is 72.0 cm³/mol. The number of hydrogen-bond acceptors (Lipinski definition) is 3. The zero-order valence-electron chi connectivity index (χ0n) is 11.9. The number of allylic oxidation sites excluding steroid dienone is 2. The van der Waals surface area contributed by atoms with E-state index in [-0.39, 0.29) is 23.3 Å². The Balaban J connectivity index is 1.86. The van der Waals surface area contributed by atoms with Gasteiger partial charge in [-0.15, -0.1) is 0 Å². The van der Waals surface area contributed by atoms with E-state index in [1.165, 1.54) is 0 Å². The number of amides is 1. The molecule has 2 bridgehead atoms. The number of fused-ring (bicyclic) bond motifs is 2. The van der Waals surface area contributed by atoms with Crippen molar-refractivity contribution < 1.29 is 19.4 Å². The standard InChI is InChI=1S/C15H21NO4/c1-15(2)8-20-6-5-16(15)13(17)11-9-3-4-10(7-9)12(11)14(18)19/h3-4,9-12H,5-8H2,1-2H3,(H,18,19)/t9?,10?,11-,12+/m0/s1. The Bertz CT molecular complexity index is 470. The summed E-state index contributed by atoms with van der Waals surface area (Å²) in [5, 5.41) is 9.45. The van der Waals surface area contributed by atoms with Crippen LogP contribution in [0, 0.1) is 23.7 Å². The molecule has 5 heteroatoms. The van der Waals surface area contributed by atoms with Crippen LogP contribution in [-0.4, -0.2) is 47.2 Å². The van der Waals surface area contributed by atoms with Crippen LogP contribution in [0.3, 0.4) is 0 Å². The molecule has 0 aromatic heterocycles. The molecule has 4 atom stereocenters. The summed E-state index contributed by atoms with van der Waals surface area (Å²) in [4.78, 5) is 26.2. The molecule has 1 aliphatic heterocycles. The second-order valence-electron chi connectivity index (χ2n) is 6.69. The zero-order valence-corrected chi connectivity index (χ0v) is 11.9. The van der Waals surface area contributed by atoms with Crippen LogP contribution in [0.5, 0.6) is 0 Å². The van der Waals surface area contributed by atoms with E-state index in [1.807, 2.05) is 30.9 Å². The first-order valence-corrected chi connectivity index (χ1v) is 7.22. The maximum absolute atomic E-state index is 12.9. The van der Waals surface area contributed by atoms with Gasteiger partial charge in [-0.2, -0.15) is 0 Å². The van der Waals surface area contributed by atoms with E-state index in [2.05, 4.69) is 0 Å². The largest absolute Gasteiger partial charge is 0.481 e. The molecule has 2 fully saturated rings. The highest BCUT2D eigenvalue weighted by atomic mass is 16.5. The van der Waals surface area contributed by atoms with Crippen LogP contribution in [0.2, 0.25) is 0 Å². The molecule has 110 valence electrons. The molecular formula is C15H21NO4. The number of carboxylic acids is 1. The highest BCUT2D eigenvalue weighted by Crippen LogP contribution is 2.49. The van der Waals surface area contributed by atoms with E-state index in [4.69, 9.17) is 4.74 Å². The number of ether oxygens (including phenoxy) is 1. The summed E-state index contributed by atoms with van der Waals surface area (Å²) in [5.74, 6) is -1.70. The second-order valence-corrected chi connectivity index (χ2v) is 6.69. The Morgan fingerprint density at radius 3 is 2.50 bits per heavy atom. The summed E-state index contributed by atoms with van der Waals surface area (Å²) in [6.45, 7) is 5.54. The minimum atomic E-state index is -0.841. The Morgan fingerprint density at radius 2 is 1.90 bits per heavy atom. The topological polar surface area (TPSA) is 66.8 Å². The molecule has 5 nitrogen and oxygen atoms in total. The van der Waals surface area contributed by atoms with Crippen molar-refractivity contribution in [2.45, 2.75) is 25.8 Å². The first kappa shape index (κ1) is 13.6. The van der Waals surface area contributed by atoms with Crippen LogP contribution >= 0.6 is 0 Å². The first-order valence-electron chi connectivity index (χ1n) is 7.22. The number of carboxylic acid groups (broad SMARTS) is 1. The lowest BCUT2D eigenvalue weighted by Gasteiger charge is -2.44. The first-order chi connectivity index (χ1) is 9.42. The van der Waals surface area contributed by atoms with Gasteiger partial charge in [0, 0.05) is 6.54 Å². The van der Waals surface area contributed by atoms with Gasteiger partial charge >= 0.3 is 5.97 Å². The molecular weight excluding hydrogens is 258 g/mol. The fourth-order valence-corrected chi connectivity index (χ4v) is 3.94. The van der Waals surface area contributed by atoms with E-state index >= 15 is 0 Å². The lowest BCUT2D eigenvalue weighted by atomic mass is 9.81. The van der Waals surface area contributed by atoms with Gasteiger partial charge in [0.05, 0.1) is 30.6 Å². The van der Waals surface area contributed by atoms with Crippen LogP contribution in [-0.2, 0) is 14.3 Å². The summed E-state index contributed by atoms with van der Waals surface area (Å²) in [6, 6.07) is 0. The van der Waals surface area contributed by atoms with Gasteiger partial charge in [-0.25, -0.2) is 0 Å². The summed E-state index contributed by atoms with van der Waals surface area (Å²) in [7, 11) is 0. The average molecular weight is 279 g/mol. The molecule has 3 aliphatic rings. The van der Waals surface area contributed by atoms with Crippen LogP contribution in [0.4, 0.5) is 0 Å². The van der Waals surface area contributed by atoms with Crippen LogP contribution < -0.4 is 0 Å². The number of carbonyl (C=O) groups excluding carboxylic acids is 1. The van der Waals surface area contributed by atoms with Crippen molar-refractivity contribution in [2.24, 2.45) is 23.7 Å². The van der Waals surface area contributed by atoms with Crippen molar-refractivity contribution in [3.8, 4) is 0 Å². The van der Waals surface area contributed by atoms with Crippen molar-refractivity contribution in [1.29, 1.82) is 0 Å². The average Bonchev–Trinajstić information content (AvgIpc) is 2.97. The van der Waals surface area contributed by atoms with Crippen molar-refractivity contribution in [1.82, 2.24) is 4.90 Å². The fraction of sp³-hybridized carbons (Fsp3) is 0.733. The third-order valence-electron chi connectivity index (χ3n) is 4.94. The Morgan fingerprint density at radius 1 is 1.25 bits per heavy atom.